The van der Waals surface area contributed by atoms with Gasteiger partial charge >= 0.3 is 0 Å². The third-order valence-electron chi connectivity index (χ3n) is 3.74. The van der Waals surface area contributed by atoms with Crippen molar-refractivity contribution in [2.24, 2.45) is 5.41 Å². The molecule has 1 aliphatic rings. The van der Waals surface area contributed by atoms with E-state index in [4.69, 9.17) is 0 Å². The highest BCUT2D eigenvalue weighted by Crippen LogP contribution is 2.49. The molecule has 0 bridgehead atoms. The summed E-state index contributed by atoms with van der Waals surface area (Å²) in [6, 6.07) is 4.10. The summed E-state index contributed by atoms with van der Waals surface area (Å²) >= 11 is 0. The first-order valence-electron chi connectivity index (χ1n) is 5.67. The number of rotatable bonds is 2. The summed E-state index contributed by atoms with van der Waals surface area (Å²) in [5.41, 5.74) is 0.198. The zero-order valence-electron chi connectivity index (χ0n) is 10.5. The number of Topliss-reactive ketones (excluding diaryl/α,β-unsaturated/α-hetero) is 1. The van der Waals surface area contributed by atoms with Gasteiger partial charge in [0.2, 0.25) is 0 Å². The van der Waals surface area contributed by atoms with E-state index in [0.29, 0.717) is 12.0 Å². The van der Waals surface area contributed by atoms with Crippen LogP contribution in [0.2, 0.25) is 0 Å². The second kappa shape index (κ2) is 3.88. The Labute approximate surface area is 106 Å². The average molecular weight is 270 g/mol. The molecule has 98 valence electrons. The molecule has 1 unspecified atom stereocenters. The normalized spacial score (nSPS) is 22.7. The number of benzene rings is 1. The van der Waals surface area contributed by atoms with Gasteiger partial charge in [0.05, 0.1) is 0 Å². The van der Waals surface area contributed by atoms with Gasteiger partial charge in [-0.05, 0) is 17.7 Å². The van der Waals surface area contributed by atoms with Crippen LogP contribution < -0.4 is 0 Å². The van der Waals surface area contributed by atoms with Crippen molar-refractivity contribution in [3.63, 3.8) is 0 Å². The van der Waals surface area contributed by atoms with Gasteiger partial charge in [-0.2, -0.15) is 0 Å². The van der Waals surface area contributed by atoms with Gasteiger partial charge < -0.3 is 0 Å². The van der Waals surface area contributed by atoms with Crippen LogP contribution in [-0.4, -0.2) is 20.5 Å². The van der Waals surface area contributed by atoms with Crippen molar-refractivity contribution in [2.75, 3.05) is 6.26 Å². The van der Waals surface area contributed by atoms with Gasteiger partial charge in [-0.3, -0.25) is 4.79 Å². The van der Waals surface area contributed by atoms with Crippen molar-refractivity contribution in [2.45, 2.75) is 31.1 Å². The van der Waals surface area contributed by atoms with Crippen molar-refractivity contribution >= 4 is 15.6 Å². The van der Waals surface area contributed by atoms with Gasteiger partial charge in [0.25, 0.3) is 0 Å². The van der Waals surface area contributed by atoms with Crippen LogP contribution in [0.3, 0.4) is 0 Å². The van der Waals surface area contributed by atoms with Gasteiger partial charge in [-0.15, -0.1) is 0 Å². The van der Waals surface area contributed by atoms with E-state index in [1.54, 1.807) is 6.07 Å². The molecule has 1 aromatic carbocycles. The van der Waals surface area contributed by atoms with Crippen LogP contribution in [0, 0.1) is 11.2 Å². The van der Waals surface area contributed by atoms with E-state index in [-0.39, 0.29) is 16.6 Å². The third-order valence-corrected chi connectivity index (χ3v) is 4.87. The molecular weight excluding hydrogens is 255 g/mol. The minimum Gasteiger partial charge on any atom is -0.299 e. The van der Waals surface area contributed by atoms with Crippen molar-refractivity contribution in [1.29, 1.82) is 0 Å². The lowest BCUT2D eigenvalue weighted by Crippen LogP contribution is -2.43. The molecule has 5 heteroatoms. The molecule has 0 N–H and O–H groups in total. The van der Waals surface area contributed by atoms with E-state index < -0.39 is 21.1 Å². The standard InChI is InChI=1S/C13H15FO3S/c1-13(2)9(7-12(13)15)8-4-5-11(10(14)6-8)18(3,16)17/h4-6,9H,7H2,1-3H3. The second-order valence-corrected chi connectivity index (χ2v) is 7.35. The number of sulfone groups is 1. The molecule has 18 heavy (non-hydrogen) atoms. The highest BCUT2D eigenvalue weighted by Gasteiger charge is 2.47. The maximum Gasteiger partial charge on any atom is 0.178 e. The Morgan fingerprint density at radius 1 is 1.33 bits per heavy atom. The molecule has 1 aliphatic carbocycles. The molecule has 0 heterocycles. The predicted molar refractivity (Wildman–Crippen MR) is 65.7 cm³/mol. The average Bonchev–Trinajstić information content (AvgIpc) is 2.23. The summed E-state index contributed by atoms with van der Waals surface area (Å²) in [4.78, 5) is 11.2. The van der Waals surface area contributed by atoms with Crippen LogP contribution in [0.4, 0.5) is 4.39 Å². The summed E-state index contributed by atoms with van der Waals surface area (Å²) < 4.78 is 36.4. The molecule has 0 aliphatic heterocycles. The van der Waals surface area contributed by atoms with Gasteiger partial charge in [0, 0.05) is 24.0 Å². The topological polar surface area (TPSA) is 51.2 Å². The second-order valence-electron chi connectivity index (χ2n) is 5.36. The monoisotopic (exact) mass is 270 g/mol. The van der Waals surface area contributed by atoms with Crippen LogP contribution in [-0.2, 0) is 14.6 Å². The molecule has 0 amide bonds. The van der Waals surface area contributed by atoms with E-state index >= 15 is 0 Å². The van der Waals surface area contributed by atoms with E-state index in [9.17, 15) is 17.6 Å². The van der Waals surface area contributed by atoms with Gasteiger partial charge in [0.1, 0.15) is 16.5 Å². The molecule has 2 rings (SSSR count). The van der Waals surface area contributed by atoms with Gasteiger partial charge in [-0.1, -0.05) is 19.9 Å². The molecule has 3 nitrogen and oxygen atoms in total. The molecule has 0 radical (unpaired) electrons. The fraction of sp³-hybridized carbons (Fsp3) is 0.462. The molecule has 1 saturated carbocycles. The smallest absolute Gasteiger partial charge is 0.178 e. The lowest BCUT2D eigenvalue weighted by molar-refractivity contribution is -0.137. The number of ketones is 1. The lowest BCUT2D eigenvalue weighted by atomic mass is 9.59. The van der Waals surface area contributed by atoms with Gasteiger partial charge in [0.15, 0.2) is 9.84 Å². The van der Waals surface area contributed by atoms with E-state index in [0.717, 1.165) is 6.26 Å². The minimum absolute atomic E-state index is 0.0342. The summed E-state index contributed by atoms with van der Waals surface area (Å²) in [6.45, 7) is 3.65. The summed E-state index contributed by atoms with van der Waals surface area (Å²) in [7, 11) is -3.55. The Balaban J connectivity index is 2.40. The van der Waals surface area contributed by atoms with E-state index in [1.807, 2.05) is 13.8 Å². The Morgan fingerprint density at radius 3 is 2.33 bits per heavy atom. The number of hydrogen-bond donors (Lipinski definition) is 0. The lowest BCUT2D eigenvalue weighted by Gasteiger charge is -2.42. The largest absolute Gasteiger partial charge is 0.299 e. The van der Waals surface area contributed by atoms with Crippen molar-refractivity contribution in [3.8, 4) is 0 Å². The van der Waals surface area contributed by atoms with Crippen LogP contribution in [0.15, 0.2) is 23.1 Å². The summed E-state index contributed by atoms with van der Waals surface area (Å²) in [6.07, 6.45) is 1.37. The maximum absolute atomic E-state index is 13.8. The SMILES string of the molecule is CC1(C)C(=O)CC1c1ccc(S(C)(=O)=O)c(F)c1. The molecule has 0 saturated heterocycles. The Morgan fingerprint density at radius 2 is 1.94 bits per heavy atom. The van der Waals surface area contributed by atoms with Crippen molar-refractivity contribution < 1.29 is 17.6 Å². The zero-order valence-corrected chi connectivity index (χ0v) is 11.3. The van der Waals surface area contributed by atoms with Crippen LogP contribution in [0.25, 0.3) is 0 Å². The number of carbonyl (C=O) groups is 1. The highest BCUT2D eigenvalue weighted by molar-refractivity contribution is 7.90. The fourth-order valence-electron chi connectivity index (χ4n) is 2.34. The molecule has 1 atom stereocenters. The number of carbonyl (C=O) groups excluding carboxylic acids is 1. The minimum atomic E-state index is -3.55. The molecular formula is C13H15FO3S. The summed E-state index contributed by atoms with van der Waals surface area (Å²) in [5.74, 6) is -0.627. The number of halogens is 1. The number of hydrogen-bond acceptors (Lipinski definition) is 3. The molecule has 0 aromatic heterocycles. The first-order chi connectivity index (χ1) is 8.14. The molecule has 1 aromatic rings. The maximum atomic E-state index is 13.8. The van der Waals surface area contributed by atoms with Crippen LogP contribution in [0.5, 0.6) is 0 Å². The van der Waals surface area contributed by atoms with E-state index in [1.165, 1.54) is 12.1 Å². The third kappa shape index (κ3) is 1.96. The fourth-order valence-corrected chi connectivity index (χ4v) is 3.06. The highest BCUT2D eigenvalue weighted by atomic mass is 32.2. The van der Waals surface area contributed by atoms with E-state index in [2.05, 4.69) is 0 Å². The first kappa shape index (κ1) is 13.2. The van der Waals surface area contributed by atoms with Gasteiger partial charge in [-0.25, -0.2) is 12.8 Å². The van der Waals surface area contributed by atoms with Crippen molar-refractivity contribution in [3.05, 3.63) is 29.6 Å². The Bertz CT molecular complexity index is 617. The van der Waals surface area contributed by atoms with Crippen LogP contribution in [0.1, 0.15) is 31.7 Å². The predicted octanol–water partition coefficient (Wildman–Crippen LogP) is 2.31. The zero-order chi connectivity index (χ0) is 13.7. The van der Waals surface area contributed by atoms with Crippen LogP contribution >= 0.6 is 0 Å². The summed E-state index contributed by atoms with van der Waals surface area (Å²) in [5, 5.41) is 0. The first-order valence-corrected chi connectivity index (χ1v) is 7.56. The quantitative estimate of drug-likeness (QED) is 0.828. The molecule has 1 fully saturated rings. The Hall–Kier alpha value is -1.23. The Kier molecular flexibility index (Phi) is 2.85. The molecule has 0 spiro atoms. The van der Waals surface area contributed by atoms with Crippen molar-refractivity contribution in [1.82, 2.24) is 0 Å².